The molecule has 0 fully saturated rings. The maximum absolute atomic E-state index is 5.28. The topological polar surface area (TPSA) is 46.0 Å². The molecule has 106 valence electrons. The van der Waals surface area contributed by atoms with Crippen LogP contribution in [0, 0.1) is 18.6 Å². The molecule has 1 N–H and O–H groups in total. The summed E-state index contributed by atoms with van der Waals surface area (Å²) in [6, 6.07) is 10.1. The van der Waals surface area contributed by atoms with Gasteiger partial charge in [0.1, 0.15) is 0 Å². The largest absolute Gasteiger partial charge is 0.250 e. The number of aryl methyl sites for hydroxylation is 2. The van der Waals surface area contributed by atoms with Crippen molar-refractivity contribution in [2.24, 2.45) is 5.10 Å². The smallest absolute Gasteiger partial charge is 0.216 e. The lowest BCUT2D eigenvalue weighted by molar-refractivity contribution is 0.871. The highest BCUT2D eigenvalue weighted by molar-refractivity contribution is 7.71. The fraction of sp³-hybridized carbons (Fsp3) is 0.133. The molecular formula is C15H14N4S2. The number of hydrogen-bond donors (Lipinski definition) is 1. The van der Waals surface area contributed by atoms with E-state index in [1.807, 2.05) is 42.8 Å². The van der Waals surface area contributed by atoms with Crippen LogP contribution in [0.2, 0.25) is 0 Å². The van der Waals surface area contributed by atoms with E-state index in [0.717, 1.165) is 21.8 Å². The van der Waals surface area contributed by atoms with E-state index in [0.29, 0.717) is 4.77 Å². The van der Waals surface area contributed by atoms with Crippen LogP contribution in [-0.2, 0) is 0 Å². The lowest BCUT2D eigenvalue weighted by atomic mass is 10.1. The van der Waals surface area contributed by atoms with Gasteiger partial charge in [0.2, 0.25) is 4.77 Å². The minimum absolute atomic E-state index is 0.485. The predicted octanol–water partition coefficient (Wildman–Crippen LogP) is 4.17. The third-order valence-electron chi connectivity index (χ3n) is 3.23. The molecular weight excluding hydrogens is 300 g/mol. The monoisotopic (exact) mass is 314 g/mol. The minimum atomic E-state index is 0.485. The van der Waals surface area contributed by atoms with Gasteiger partial charge < -0.3 is 0 Å². The minimum Gasteiger partial charge on any atom is -0.250 e. The summed E-state index contributed by atoms with van der Waals surface area (Å²) in [4.78, 5) is 1.12. The van der Waals surface area contributed by atoms with Crippen molar-refractivity contribution in [2.45, 2.75) is 13.8 Å². The zero-order valence-electron chi connectivity index (χ0n) is 11.7. The number of H-pyrrole nitrogens is 1. The second-order valence-electron chi connectivity index (χ2n) is 4.69. The maximum atomic E-state index is 5.28. The first kappa shape index (κ1) is 13.9. The number of rotatable bonds is 3. The van der Waals surface area contributed by atoms with E-state index in [9.17, 15) is 0 Å². The molecule has 3 rings (SSSR count). The van der Waals surface area contributed by atoms with Crippen LogP contribution >= 0.6 is 23.6 Å². The van der Waals surface area contributed by atoms with Crippen LogP contribution < -0.4 is 0 Å². The fourth-order valence-electron chi connectivity index (χ4n) is 2.02. The van der Waals surface area contributed by atoms with Crippen LogP contribution in [0.15, 0.2) is 40.8 Å². The molecule has 0 aliphatic carbocycles. The maximum Gasteiger partial charge on any atom is 0.216 e. The highest BCUT2D eigenvalue weighted by Crippen LogP contribution is 2.21. The Morgan fingerprint density at radius 3 is 2.76 bits per heavy atom. The molecule has 0 amide bonds. The molecule has 0 aliphatic rings. The molecule has 0 unspecified atom stereocenters. The fourth-order valence-corrected chi connectivity index (χ4v) is 2.98. The molecule has 2 heterocycles. The third kappa shape index (κ3) is 2.72. The summed E-state index contributed by atoms with van der Waals surface area (Å²) in [7, 11) is 0. The summed E-state index contributed by atoms with van der Waals surface area (Å²) in [6.07, 6.45) is 1.83. The molecule has 6 heteroatoms. The van der Waals surface area contributed by atoms with Crippen LogP contribution in [0.4, 0.5) is 0 Å². The Balaban J connectivity index is 2.07. The Labute approximate surface area is 131 Å². The summed E-state index contributed by atoms with van der Waals surface area (Å²) in [6.45, 7) is 4.11. The van der Waals surface area contributed by atoms with Gasteiger partial charge in [-0.15, -0.1) is 11.3 Å². The van der Waals surface area contributed by atoms with Crippen molar-refractivity contribution >= 4 is 29.8 Å². The first-order valence-corrected chi connectivity index (χ1v) is 7.77. The Morgan fingerprint density at radius 1 is 1.24 bits per heavy atom. The number of thiophene rings is 1. The number of nitrogens with zero attached hydrogens (tertiary/aromatic N) is 3. The summed E-state index contributed by atoms with van der Waals surface area (Å²) < 4.78 is 2.15. The number of aromatic nitrogens is 3. The van der Waals surface area contributed by atoms with Gasteiger partial charge in [-0.2, -0.15) is 14.9 Å². The third-order valence-corrected chi connectivity index (χ3v) is 4.45. The first-order chi connectivity index (χ1) is 10.2. The average Bonchev–Trinajstić information content (AvgIpc) is 3.04. The average molecular weight is 314 g/mol. The summed E-state index contributed by atoms with van der Waals surface area (Å²) in [5.41, 5.74) is 3.36. The molecule has 0 saturated carbocycles. The van der Waals surface area contributed by atoms with Crippen molar-refractivity contribution in [3.63, 3.8) is 0 Å². The summed E-state index contributed by atoms with van der Waals surface area (Å²) >= 11 is 6.93. The van der Waals surface area contributed by atoms with Crippen LogP contribution in [0.5, 0.6) is 0 Å². The van der Waals surface area contributed by atoms with Gasteiger partial charge >= 0.3 is 0 Å². The number of aromatic amines is 1. The molecule has 1 aromatic carbocycles. The highest BCUT2D eigenvalue weighted by Gasteiger charge is 2.10. The standard InChI is InChI=1S/C15H14N4S2/c1-10-5-3-4-6-12(10)14-17-18-15(20)19(14)16-9-13-11(2)7-8-21-13/h3-9H,1-2H3,(H,18,20)/b16-9-. The molecule has 0 atom stereocenters. The van der Waals surface area contributed by atoms with Crippen molar-refractivity contribution < 1.29 is 0 Å². The lowest BCUT2D eigenvalue weighted by Gasteiger charge is -2.04. The van der Waals surface area contributed by atoms with Gasteiger partial charge in [-0.3, -0.25) is 0 Å². The van der Waals surface area contributed by atoms with E-state index in [4.69, 9.17) is 12.2 Å². The zero-order chi connectivity index (χ0) is 14.8. The first-order valence-electron chi connectivity index (χ1n) is 6.48. The molecule has 3 aromatic rings. The van der Waals surface area contributed by atoms with Gasteiger partial charge in [0.25, 0.3) is 0 Å². The highest BCUT2D eigenvalue weighted by atomic mass is 32.1. The van der Waals surface area contributed by atoms with Crippen LogP contribution in [-0.4, -0.2) is 21.1 Å². The van der Waals surface area contributed by atoms with Crippen molar-refractivity contribution in [3.05, 3.63) is 56.5 Å². The number of benzene rings is 1. The molecule has 0 radical (unpaired) electrons. The van der Waals surface area contributed by atoms with Gasteiger partial charge in [-0.05, 0) is 48.6 Å². The molecule has 2 aromatic heterocycles. The van der Waals surface area contributed by atoms with Crippen molar-refractivity contribution in [3.8, 4) is 11.4 Å². The van der Waals surface area contributed by atoms with E-state index in [1.54, 1.807) is 16.0 Å². The van der Waals surface area contributed by atoms with Gasteiger partial charge in [-0.25, -0.2) is 5.10 Å². The predicted molar refractivity (Wildman–Crippen MR) is 89.6 cm³/mol. The van der Waals surface area contributed by atoms with E-state index < -0.39 is 0 Å². The van der Waals surface area contributed by atoms with Crippen molar-refractivity contribution in [1.82, 2.24) is 14.9 Å². The Morgan fingerprint density at radius 2 is 2.05 bits per heavy atom. The molecule has 0 aliphatic heterocycles. The van der Waals surface area contributed by atoms with E-state index in [-0.39, 0.29) is 0 Å². The van der Waals surface area contributed by atoms with Gasteiger partial charge in [0.05, 0.1) is 11.1 Å². The summed E-state index contributed by atoms with van der Waals surface area (Å²) in [5, 5.41) is 13.7. The zero-order valence-corrected chi connectivity index (χ0v) is 13.3. The second-order valence-corrected chi connectivity index (χ2v) is 6.03. The SMILES string of the molecule is Cc1ccccc1-c1n[nH]c(=S)n1/N=C\c1sccc1C. The van der Waals surface area contributed by atoms with Crippen molar-refractivity contribution in [1.29, 1.82) is 0 Å². The number of nitrogens with one attached hydrogen (secondary N) is 1. The summed E-state index contributed by atoms with van der Waals surface area (Å²) in [5.74, 6) is 0.726. The molecule has 4 nitrogen and oxygen atoms in total. The van der Waals surface area contributed by atoms with Crippen LogP contribution in [0.25, 0.3) is 11.4 Å². The van der Waals surface area contributed by atoms with Gasteiger partial charge in [0, 0.05) is 5.56 Å². The van der Waals surface area contributed by atoms with Crippen LogP contribution in [0.1, 0.15) is 16.0 Å². The van der Waals surface area contributed by atoms with Crippen molar-refractivity contribution in [2.75, 3.05) is 0 Å². The Kier molecular flexibility index (Phi) is 3.81. The van der Waals surface area contributed by atoms with E-state index >= 15 is 0 Å². The Bertz CT molecular complexity index is 854. The molecule has 0 spiro atoms. The Hall–Kier alpha value is -2.05. The second kappa shape index (κ2) is 5.75. The van der Waals surface area contributed by atoms with E-state index in [2.05, 4.69) is 28.3 Å². The quantitative estimate of drug-likeness (QED) is 0.582. The number of hydrogen-bond acceptors (Lipinski definition) is 4. The van der Waals surface area contributed by atoms with Gasteiger partial charge in [0.15, 0.2) is 5.82 Å². The van der Waals surface area contributed by atoms with Crippen LogP contribution in [0.3, 0.4) is 0 Å². The van der Waals surface area contributed by atoms with E-state index in [1.165, 1.54) is 5.56 Å². The lowest BCUT2D eigenvalue weighted by Crippen LogP contribution is -1.96. The molecule has 0 bridgehead atoms. The molecule has 0 saturated heterocycles. The normalized spacial score (nSPS) is 11.3. The van der Waals surface area contributed by atoms with Gasteiger partial charge in [-0.1, -0.05) is 24.3 Å². The molecule has 21 heavy (non-hydrogen) atoms.